The van der Waals surface area contributed by atoms with E-state index < -0.39 is 5.92 Å². The SMILES string of the molecule is COC(=O)C(c1ccc2c(c1)OCO2)C1c2ccccc2Nc2ccccc21. The second kappa shape index (κ2) is 6.60. The number of esters is 1. The van der Waals surface area contributed by atoms with E-state index in [1.54, 1.807) is 0 Å². The van der Waals surface area contributed by atoms with E-state index in [9.17, 15) is 4.79 Å². The summed E-state index contributed by atoms with van der Waals surface area (Å²) in [6.07, 6.45) is 0. The van der Waals surface area contributed by atoms with Crippen LogP contribution in [-0.2, 0) is 9.53 Å². The lowest BCUT2D eigenvalue weighted by Crippen LogP contribution is -2.26. The number of anilines is 2. The molecule has 2 aliphatic heterocycles. The third-order valence-electron chi connectivity index (χ3n) is 5.41. The van der Waals surface area contributed by atoms with Crippen molar-refractivity contribution in [3.63, 3.8) is 0 Å². The zero-order chi connectivity index (χ0) is 19.1. The number of hydrogen-bond donors (Lipinski definition) is 1. The first-order chi connectivity index (χ1) is 13.8. The Bertz CT molecular complexity index is 1020. The highest BCUT2D eigenvalue weighted by molar-refractivity contribution is 5.84. The van der Waals surface area contributed by atoms with Gasteiger partial charge in [-0.2, -0.15) is 0 Å². The summed E-state index contributed by atoms with van der Waals surface area (Å²) in [6, 6.07) is 21.8. The molecule has 5 nitrogen and oxygen atoms in total. The van der Waals surface area contributed by atoms with Gasteiger partial charge in [-0.15, -0.1) is 0 Å². The summed E-state index contributed by atoms with van der Waals surface area (Å²) in [5.74, 6) is 0.376. The molecule has 2 heterocycles. The van der Waals surface area contributed by atoms with Crippen molar-refractivity contribution in [1.82, 2.24) is 0 Å². The van der Waals surface area contributed by atoms with Gasteiger partial charge < -0.3 is 19.5 Å². The molecule has 0 spiro atoms. The van der Waals surface area contributed by atoms with Gasteiger partial charge in [-0.25, -0.2) is 0 Å². The average Bonchev–Trinajstić information content (AvgIpc) is 3.21. The smallest absolute Gasteiger partial charge is 0.314 e. The van der Waals surface area contributed by atoms with Crippen LogP contribution in [0.4, 0.5) is 11.4 Å². The molecule has 5 heteroatoms. The molecule has 0 aromatic heterocycles. The van der Waals surface area contributed by atoms with Gasteiger partial charge in [-0.05, 0) is 41.0 Å². The molecular weight excluding hydrogens is 354 g/mol. The Morgan fingerprint density at radius 3 is 2.29 bits per heavy atom. The molecule has 0 amide bonds. The van der Waals surface area contributed by atoms with Gasteiger partial charge in [0.2, 0.25) is 6.79 Å². The lowest BCUT2D eigenvalue weighted by atomic mass is 9.74. The van der Waals surface area contributed by atoms with E-state index in [1.165, 1.54) is 7.11 Å². The van der Waals surface area contributed by atoms with Crippen molar-refractivity contribution in [1.29, 1.82) is 0 Å². The molecular formula is C23H19NO4. The van der Waals surface area contributed by atoms with E-state index in [2.05, 4.69) is 17.4 Å². The molecule has 140 valence electrons. The van der Waals surface area contributed by atoms with Crippen molar-refractivity contribution in [2.75, 3.05) is 19.2 Å². The van der Waals surface area contributed by atoms with Crippen molar-refractivity contribution in [3.8, 4) is 11.5 Å². The van der Waals surface area contributed by atoms with E-state index in [4.69, 9.17) is 14.2 Å². The quantitative estimate of drug-likeness (QED) is 0.682. The highest BCUT2D eigenvalue weighted by atomic mass is 16.7. The van der Waals surface area contributed by atoms with Crippen molar-refractivity contribution in [2.45, 2.75) is 11.8 Å². The van der Waals surface area contributed by atoms with Gasteiger partial charge in [0.25, 0.3) is 0 Å². The van der Waals surface area contributed by atoms with Gasteiger partial charge in [-0.3, -0.25) is 4.79 Å². The Hall–Kier alpha value is -3.47. The second-order valence-electron chi connectivity index (χ2n) is 6.89. The molecule has 5 rings (SSSR count). The van der Waals surface area contributed by atoms with Crippen LogP contribution >= 0.6 is 0 Å². The maximum absolute atomic E-state index is 13.0. The third kappa shape index (κ3) is 2.59. The topological polar surface area (TPSA) is 56.8 Å². The molecule has 0 saturated heterocycles. The summed E-state index contributed by atoms with van der Waals surface area (Å²) in [5, 5.41) is 3.48. The first kappa shape index (κ1) is 16.7. The van der Waals surface area contributed by atoms with Crippen molar-refractivity contribution in [2.24, 2.45) is 0 Å². The van der Waals surface area contributed by atoms with Crippen LogP contribution in [0.25, 0.3) is 0 Å². The van der Waals surface area contributed by atoms with Crippen LogP contribution in [0.5, 0.6) is 11.5 Å². The average molecular weight is 373 g/mol. The number of hydrogen-bond acceptors (Lipinski definition) is 5. The predicted octanol–water partition coefficient (Wildman–Crippen LogP) is 4.56. The number of rotatable bonds is 3. The minimum absolute atomic E-state index is 0.179. The summed E-state index contributed by atoms with van der Waals surface area (Å²) in [7, 11) is 1.43. The molecule has 3 aromatic carbocycles. The Morgan fingerprint density at radius 2 is 1.61 bits per heavy atom. The third-order valence-corrected chi connectivity index (χ3v) is 5.41. The number of ether oxygens (including phenoxy) is 3. The fourth-order valence-electron chi connectivity index (χ4n) is 4.13. The van der Waals surface area contributed by atoms with Crippen LogP contribution in [0.3, 0.4) is 0 Å². The van der Waals surface area contributed by atoms with Crippen molar-refractivity contribution in [3.05, 3.63) is 83.4 Å². The van der Waals surface area contributed by atoms with Crippen molar-refractivity contribution < 1.29 is 19.0 Å². The van der Waals surface area contributed by atoms with Crippen LogP contribution in [0.2, 0.25) is 0 Å². The predicted molar refractivity (Wildman–Crippen MR) is 105 cm³/mol. The van der Waals surface area contributed by atoms with Crippen LogP contribution in [0.1, 0.15) is 28.5 Å². The van der Waals surface area contributed by atoms with E-state index in [1.807, 2.05) is 54.6 Å². The summed E-state index contributed by atoms with van der Waals surface area (Å²) in [5.41, 5.74) is 4.97. The summed E-state index contributed by atoms with van der Waals surface area (Å²) < 4.78 is 16.2. The molecule has 28 heavy (non-hydrogen) atoms. The van der Waals surface area contributed by atoms with Gasteiger partial charge in [0.1, 0.15) is 0 Å². The normalized spacial score (nSPS) is 15.2. The molecule has 1 N–H and O–H groups in total. The number of para-hydroxylation sites is 2. The van der Waals surface area contributed by atoms with E-state index in [0.29, 0.717) is 11.5 Å². The number of nitrogens with one attached hydrogen (secondary N) is 1. The fourth-order valence-corrected chi connectivity index (χ4v) is 4.13. The number of carbonyl (C=O) groups is 1. The van der Waals surface area contributed by atoms with Crippen LogP contribution in [0, 0.1) is 0 Å². The molecule has 1 unspecified atom stereocenters. The maximum atomic E-state index is 13.0. The molecule has 0 saturated carbocycles. The maximum Gasteiger partial charge on any atom is 0.314 e. The number of carbonyl (C=O) groups excluding carboxylic acids is 1. The highest BCUT2D eigenvalue weighted by Crippen LogP contribution is 2.49. The van der Waals surface area contributed by atoms with E-state index in [0.717, 1.165) is 28.1 Å². The first-order valence-electron chi connectivity index (χ1n) is 9.18. The Labute approximate surface area is 162 Å². The molecule has 0 aliphatic carbocycles. The van der Waals surface area contributed by atoms with Gasteiger partial charge in [0, 0.05) is 17.3 Å². The van der Waals surface area contributed by atoms with Gasteiger partial charge in [-0.1, -0.05) is 42.5 Å². The lowest BCUT2D eigenvalue weighted by molar-refractivity contribution is -0.142. The number of fused-ring (bicyclic) bond motifs is 3. The standard InChI is InChI=1S/C23H19NO4/c1-26-23(25)21(14-10-11-19-20(12-14)28-13-27-19)22-15-6-2-4-8-17(15)24-18-9-5-3-7-16(18)22/h2-12,21-22,24H,13H2,1H3. The molecule has 0 bridgehead atoms. The monoisotopic (exact) mass is 373 g/mol. The Morgan fingerprint density at radius 1 is 0.964 bits per heavy atom. The van der Waals surface area contributed by atoms with Gasteiger partial charge in [0.15, 0.2) is 11.5 Å². The molecule has 0 radical (unpaired) electrons. The highest BCUT2D eigenvalue weighted by Gasteiger charge is 2.38. The number of methoxy groups -OCH3 is 1. The summed E-state index contributed by atoms with van der Waals surface area (Å²) in [4.78, 5) is 13.0. The van der Waals surface area contributed by atoms with Gasteiger partial charge >= 0.3 is 5.97 Å². The second-order valence-corrected chi connectivity index (χ2v) is 6.89. The summed E-state index contributed by atoms with van der Waals surface area (Å²) >= 11 is 0. The van der Waals surface area contributed by atoms with Crippen LogP contribution < -0.4 is 14.8 Å². The molecule has 1 atom stereocenters. The fraction of sp³-hybridized carbons (Fsp3) is 0.174. The zero-order valence-corrected chi connectivity index (χ0v) is 15.3. The zero-order valence-electron chi connectivity index (χ0n) is 15.3. The Balaban J connectivity index is 1.71. The first-order valence-corrected chi connectivity index (χ1v) is 9.18. The minimum atomic E-state index is -0.510. The van der Waals surface area contributed by atoms with Gasteiger partial charge in [0.05, 0.1) is 13.0 Å². The van der Waals surface area contributed by atoms with Crippen molar-refractivity contribution >= 4 is 17.3 Å². The minimum Gasteiger partial charge on any atom is -0.469 e. The summed E-state index contributed by atoms with van der Waals surface area (Å²) in [6.45, 7) is 0.195. The number of benzene rings is 3. The van der Waals surface area contributed by atoms with Crippen LogP contribution in [0.15, 0.2) is 66.7 Å². The molecule has 3 aromatic rings. The molecule has 0 fully saturated rings. The lowest BCUT2D eigenvalue weighted by Gasteiger charge is -2.33. The largest absolute Gasteiger partial charge is 0.469 e. The molecule has 2 aliphatic rings. The van der Waals surface area contributed by atoms with Crippen LogP contribution in [-0.4, -0.2) is 19.9 Å². The van der Waals surface area contributed by atoms with E-state index >= 15 is 0 Å². The van der Waals surface area contributed by atoms with E-state index in [-0.39, 0.29) is 18.7 Å². The Kier molecular flexibility index (Phi) is 3.93.